The van der Waals surface area contributed by atoms with Crippen LogP contribution in [0.15, 0.2) is 43.0 Å². The molecule has 0 unspecified atom stereocenters. The van der Waals surface area contributed by atoms with Gasteiger partial charge in [-0.15, -0.1) is 6.58 Å². The van der Waals surface area contributed by atoms with E-state index in [1.54, 1.807) is 0 Å². The summed E-state index contributed by atoms with van der Waals surface area (Å²) < 4.78 is 30.5. The summed E-state index contributed by atoms with van der Waals surface area (Å²) in [6, 6.07) is 10.1. The summed E-state index contributed by atoms with van der Waals surface area (Å²) in [6.45, 7) is 12.5. The second kappa shape index (κ2) is 7.79. The van der Waals surface area contributed by atoms with E-state index in [-0.39, 0.29) is 24.4 Å². The first-order valence-corrected chi connectivity index (χ1v) is 9.23. The average molecular weight is 362 g/mol. The highest BCUT2D eigenvalue weighted by molar-refractivity contribution is 5.13. The van der Waals surface area contributed by atoms with Gasteiger partial charge in [0.1, 0.15) is 18.3 Å². The zero-order valence-corrected chi connectivity index (χ0v) is 16.1. The third kappa shape index (κ3) is 4.72. The van der Waals surface area contributed by atoms with Crippen LogP contribution >= 0.6 is 0 Å². The molecule has 0 N–H and O–H groups in total. The molecule has 5 nitrogen and oxygen atoms in total. The molecule has 2 aliphatic heterocycles. The highest BCUT2D eigenvalue weighted by atomic mass is 16.8. The zero-order chi connectivity index (χ0) is 18.8. The Hall–Kier alpha value is -1.24. The van der Waals surface area contributed by atoms with Crippen molar-refractivity contribution >= 4 is 0 Å². The van der Waals surface area contributed by atoms with Crippen molar-refractivity contribution in [1.82, 2.24) is 0 Å². The summed E-state index contributed by atoms with van der Waals surface area (Å²) >= 11 is 0. The number of hydrogen-bond donors (Lipinski definition) is 0. The minimum atomic E-state index is -0.665. The Kier molecular flexibility index (Phi) is 5.85. The van der Waals surface area contributed by atoms with E-state index in [4.69, 9.17) is 23.7 Å². The molecule has 26 heavy (non-hydrogen) atoms. The first-order chi connectivity index (χ1) is 12.3. The molecule has 0 bridgehead atoms. The van der Waals surface area contributed by atoms with Crippen molar-refractivity contribution in [3.8, 4) is 0 Å². The summed E-state index contributed by atoms with van der Waals surface area (Å²) in [6.07, 6.45) is 1.64. The molecule has 1 aromatic rings. The van der Waals surface area contributed by atoms with E-state index in [9.17, 15) is 0 Å². The van der Waals surface area contributed by atoms with Gasteiger partial charge >= 0.3 is 0 Å². The Bertz CT molecular complexity index is 598. The van der Waals surface area contributed by atoms with Gasteiger partial charge in [0.2, 0.25) is 0 Å². The molecule has 2 aliphatic rings. The van der Waals surface area contributed by atoms with Gasteiger partial charge in [0.25, 0.3) is 0 Å². The first-order valence-electron chi connectivity index (χ1n) is 9.23. The summed E-state index contributed by atoms with van der Waals surface area (Å²) in [7, 11) is 0. The normalized spacial score (nSPS) is 31.0. The van der Waals surface area contributed by atoms with Gasteiger partial charge in [-0.2, -0.15) is 0 Å². The highest BCUT2D eigenvalue weighted by Gasteiger charge is 2.50. The fraction of sp³-hybridized carbons (Fsp3) is 0.619. The molecular weight excluding hydrogens is 332 g/mol. The predicted octanol–water partition coefficient (Wildman–Crippen LogP) is 3.82. The molecule has 0 saturated carbocycles. The van der Waals surface area contributed by atoms with Crippen molar-refractivity contribution in [3.63, 3.8) is 0 Å². The lowest BCUT2D eigenvalue weighted by molar-refractivity contribution is -0.190. The van der Waals surface area contributed by atoms with Gasteiger partial charge in [-0.3, -0.25) is 0 Å². The predicted molar refractivity (Wildman–Crippen MR) is 98.6 cm³/mol. The van der Waals surface area contributed by atoms with Crippen LogP contribution in [0.2, 0.25) is 0 Å². The molecule has 2 saturated heterocycles. The SMILES string of the molecule is C=CC[C@H]1OC(C)(C)O[C@@H]1[C@H](OCc1ccccc1)[C@H]1COC(C)(C)O1. The second-order valence-electron chi connectivity index (χ2n) is 7.79. The van der Waals surface area contributed by atoms with Gasteiger partial charge < -0.3 is 23.7 Å². The van der Waals surface area contributed by atoms with Crippen LogP contribution in [0.25, 0.3) is 0 Å². The van der Waals surface area contributed by atoms with Crippen molar-refractivity contribution in [2.45, 2.75) is 76.7 Å². The lowest BCUT2D eigenvalue weighted by Crippen LogP contribution is -2.46. The van der Waals surface area contributed by atoms with Crippen molar-refractivity contribution in [3.05, 3.63) is 48.6 Å². The van der Waals surface area contributed by atoms with Crippen molar-refractivity contribution in [1.29, 1.82) is 0 Å². The number of ether oxygens (including phenoxy) is 5. The molecular formula is C21H30O5. The molecule has 0 spiro atoms. The first kappa shape index (κ1) is 19.5. The maximum atomic E-state index is 6.31. The quantitative estimate of drug-likeness (QED) is 0.690. The van der Waals surface area contributed by atoms with Gasteiger partial charge in [0.05, 0.1) is 19.3 Å². The fourth-order valence-corrected chi connectivity index (χ4v) is 3.55. The number of benzene rings is 1. The molecule has 3 rings (SSSR count). The van der Waals surface area contributed by atoms with Gasteiger partial charge in [0, 0.05) is 0 Å². The summed E-state index contributed by atoms with van der Waals surface area (Å²) in [5.41, 5.74) is 1.11. The molecule has 2 heterocycles. The lowest BCUT2D eigenvalue weighted by Gasteiger charge is -2.31. The van der Waals surface area contributed by atoms with Crippen LogP contribution in [0.5, 0.6) is 0 Å². The van der Waals surface area contributed by atoms with Crippen LogP contribution in [0.3, 0.4) is 0 Å². The minimum absolute atomic E-state index is 0.129. The molecule has 0 radical (unpaired) electrons. The molecule has 2 fully saturated rings. The van der Waals surface area contributed by atoms with E-state index < -0.39 is 11.6 Å². The molecule has 0 amide bonds. The van der Waals surface area contributed by atoms with E-state index in [0.717, 1.165) is 5.56 Å². The Balaban J connectivity index is 1.78. The molecule has 5 heteroatoms. The lowest BCUT2D eigenvalue weighted by atomic mass is 10.0. The smallest absolute Gasteiger partial charge is 0.163 e. The number of hydrogen-bond acceptors (Lipinski definition) is 5. The molecule has 0 aromatic heterocycles. The highest BCUT2D eigenvalue weighted by Crippen LogP contribution is 2.37. The summed E-state index contributed by atoms with van der Waals surface area (Å²) in [4.78, 5) is 0. The van der Waals surface area contributed by atoms with Gasteiger partial charge in [0.15, 0.2) is 11.6 Å². The second-order valence-corrected chi connectivity index (χ2v) is 7.79. The number of rotatable bonds is 7. The van der Waals surface area contributed by atoms with Crippen molar-refractivity contribution in [2.75, 3.05) is 6.61 Å². The molecule has 4 atom stereocenters. The monoisotopic (exact) mass is 362 g/mol. The van der Waals surface area contributed by atoms with E-state index in [2.05, 4.69) is 6.58 Å². The van der Waals surface area contributed by atoms with Gasteiger partial charge in [-0.25, -0.2) is 0 Å². The Morgan fingerprint density at radius 2 is 1.85 bits per heavy atom. The van der Waals surface area contributed by atoms with Crippen LogP contribution in [0.1, 0.15) is 39.7 Å². The summed E-state index contributed by atoms with van der Waals surface area (Å²) in [5.74, 6) is -1.29. The zero-order valence-electron chi connectivity index (χ0n) is 16.1. The van der Waals surface area contributed by atoms with Crippen LogP contribution in [-0.2, 0) is 30.3 Å². The van der Waals surface area contributed by atoms with E-state index >= 15 is 0 Å². The molecule has 1 aromatic carbocycles. The van der Waals surface area contributed by atoms with Crippen LogP contribution in [0.4, 0.5) is 0 Å². The third-order valence-corrected chi connectivity index (χ3v) is 4.63. The molecule has 144 valence electrons. The van der Waals surface area contributed by atoms with Gasteiger partial charge in [-0.1, -0.05) is 36.4 Å². The minimum Gasteiger partial charge on any atom is -0.368 e. The van der Waals surface area contributed by atoms with E-state index in [1.165, 1.54) is 0 Å². The maximum Gasteiger partial charge on any atom is 0.163 e. The Morgan fingerprint density at radius 3 is 2.46 bits per heavy atom. The van der Waals surface area contributed by atoms with E-state index in [0.29, 0.717) is 19.6 Å². The van der Waals surface area contributed by atoms with Crippen LogP contribution in [0, 0.1) is 0 Å². The largest absolute Gasteiger partial charge is 0.368 e. The summed E-state index contributed by atoms with van der Waals surface area (Å²) in [5, 5.41) is 0. The standard InChI is InChI=1S/C21H30O5/c1-6-10-16-19(26-21(4,5)24-16)18(17-14-23-20(2,3)25-17)22-13-15-11-8-7-9-12-15/h6-9,11-12,16-19H,1,10,13-14H2,2-5H3/t16-,17-,18-,19+/m1/s1. The van der Waals surface area contributed by atoms with Crippen LogP contribution < -0.4 is 0 Å². The van der Waals surface area contributed by atoms with Gasteiger partial charge in [-0.05, 0) is 39.7 Å². The maximum absolute atomic E-state index is 6.31. The Labute approximate surface area is 156 Å². The van der Waals surface area contributed by atoms with Crippen molar-refractivity contribution in [2.24, 2.45) is 0 Å². The molecule has 0 aliphatic carbocycles. The third-order valence-electron chi connectivity index (χ3n) is 4.63. The van der Waals surface area contributed by atoms with E-state index in [1.807, 2.05) is 64.1 Å². The topological polar surface area (TPSA) is 46.2 Å². The van der Waals surface area contributed by atoms with Crippen LogP contribution in [-0.4, -0.2) is 42.6 Å². The van der Waals surface area contributed by atoms with Crippen molar-refractivity contribution < 1.29 is 23.7 Å². The Morgan fingerprint density at radius 1 is 1.12 bits per heavy atom. The fourth-order valence-electron chi connectivity index (χ4n) is 3.55. The average Bonchev–Trinajstić information content (AvgIpc) is 3.08.